The van der Waals surface area contributed by atoms with Crippen LogP contribution in [0.2, 0.25) is 0 Å². The van der Waals surface area contributed by atoms with Crippen molar-refractivity contribution >= 4 is 39.2 Å². The molecule has 41 heavy (non-hydrogen) atoms. The molecule has 3 heterocycles. The fourth-order valence-electron chi connectivity index (χ4n) is 10.2. The van der Waals surface area contributed by atoms with Gasteiger partial charge in [0.05, 0.1) is 22.2 Å². The Labute approximate surface area is 242 Å². The summed E-state index contributed by atoms with van der Waals surface area (Å²) < 4.78 is 0. The van der Waals surface area contributed by atoms with Crippen molar-refractivity contribution in [3.63, 3.8) is 0 Å². The standard InChI is InChI=1S/C36H28N2O2S/c1-20-12-14-22(15-13-20)31-29-18-41-19-38(29)36-26-10-5-8-21-7-4-9-25(30(21)26)35(36,40)27-17-34(31,36)33(39)24-16-23-6-2-3-11-28(23)37-32(24)27/h2-16,27,29,31,40H,17-19H2,1H3/t27-,29?,31-,34-,35-,36+/m0/s1. The van der Waals surface area contributed by atoms with Crippen molar-refractivity contribution in [3.8, 4) is 0 Å². The van der Waals surface area contributed by atoms with E-state index in [0.29, 0.717) is 12.0 Å². The Bertz CT molecular complexity index is 2000. The zero-order chi connectivity index (χ0) is 27.3. The molecule has 2 spiro atoms. The van der Waals surface area contributed by atoms with Gasteiger partial charge in [-0.2, -0.15) is 0 Å². The van der Waals surface area contributed by atoms with Crippen LogP contribution in [0.4, 0.5) is 0 Å². The Hall–Kier alpha value is -3.51. The van der Waals surface area contributed by atoms with Crippen molar-refractivity contribution in [2.45, 2.75) is 42.4 Å². The molecule has 2 aliphatic heterocycles. The van der Waals surface area contributed by atoms with Gasteiger partial charge >= 0.3 is 0 Å². The Morgan fingerprint density at radius 2 is 1.68 bits per heavy atom. The van der Waals surface area contributed by atoms with Crippen LogP contribution in [0.1, 0.15) is 56.6 Å². The van der Waals surface area contributed by atoms with Gasteiger partial charge in [-0.25, -0.2) is 0 Å². The summed E-state index contributed by atoms with van der Waals surface area (Å²) >= 11 is 1.93. The van der Waals surface area contributed by atoms with Gasteiger partial charge in [-0.1, -0.05) is 84.4 Å². The molecular formula is C36H28N2O2S. The summed E-state index contributed by atoms with van der Waals surface area (Å²) in [5.41, 5.74) is 3.89. The highest BCUT2D eigenvalue weighted by Crippen LogP contribution is 2.83. The van der Waals surface area contributed by atoms with Crippen molar-refractivity contribution in [1.29, 1.82) is 0 Å². The SMILES string of the molecule is Cc1ccc([C@H]2C3CSCN3[C@@]34c5cccc6cccc(c56)[C@]3(O)[C@H]3C[C@@]24C(=O)c2cc4ccccc4nc23)cc1. The van der Waals surface area contributed by atoms with Gasteiger partial charge in [-0.3, -0.25) is 14.7 Å². The van der Waals surface area contributed by atoms with Crippen LogP contribution in [0.5, 0.6) is 0 Å². The first-order valence-electron chi connectivity index (χ1n) is 14.6. The third-order valence-electron chi connectivity index (χ3n) is 11.4. The maximum atomic E-state index is 15.6. The lowest BCUT2D eigenvalue weighted by atomic mass is 9.57. The van der Waals surface area contributed by atoms with Crippen LogP contribution in [0.3, 0.4) is 0 Å². The number of thioether (sulfide) groups is 1. The molecule has 1 saturated carbocycles. The number of pyridine rings is 1. The highest BCUT2D eigenvalue weighted by atomic mass is 32.2. The van der Waals surface area contributed by atoms with Crippen molar-refractivity contribution in [3.05, 3.63) is 125 Å². The first-order chi connectivity index (χ1) is 20.0. The summed E-state index contributed by atoms with van der Waals surface area (Å²) in [5.74, 6) is 1.58. The molecule has 10 rings (SSSR count). The van der Waals surface area contributed by atoms with E-state index >= 15 is 4.79 Å². The summed E-state index contributed by atoms with van der Waals surface area (Å²) in [5, 5.41) is 17.0. The quantitative estimate of drug-likeness (QED) is 0.253. The minimum Gasteiger partial charge on any atom is -0.382 e. The normalized spacial score (nSPS) is 34.2. The van der Waals surface area contributed by atoms with Gasteiger partial charge in [0.15, 0.2) is 5.78 Å². The van der Waals surface area contributed by atoms with Gasteiger partial charge < -0.3 is 5.11 Å². The first kappa shape index (κ1) is 23.1. The van der Waals surface area contributed by atoms with Crippen LogP contribution in [0.25, 0.3) is 21.7 Å². The molecule has 4 aromatic carbocycles. The van der Waals surface area contributed by atoms with Crippen molar-refractivity contribution in [1.82, 2.24) is 9.88 Å². The molecular weight excluding hydrogens is 524 g/mol. The monoisotopic (exact) mass is 552 g/mol. The summed E-state index contributed by atoms with van der Waals surface area (Å²) in [7, 11) is 0. The van der Waals surface area contributed by atoms with Gasteiger partial charge in [-0.15, -0.1) is 11.8 Å². The van der Waals surface area contributed by atoms with Crippen LogP contribution in [-0.4, -0.2) is 38.4 Å². The lowest BCUT2D eigenvalue weighted by Gasteiger charge is -2.49. The highest BCUT2D eigenvalue weighted by molar-refractivity contribution is 7.99. The molecule has 1 aromatic heterocycles. The average Bonchev–Trinajstić information content (AvgIpc) is 3.67. The van der Waals surface area contributed by atoms with E-state index in [2.05, 4.69) is 78.6 Å². The number of Topliss-reactive ketones (excluding diaryl/α,β-unsaturated/α-hetero) is 1. The first-order valence-corrected chi connectivity index (χ1v) is 15.8. The number of para-hydroxylation sites is 1. The number of aromatic nitrogens is 1. The number of carbonyl (C=O) groups excluding carboxylic acids is 1. The predicted octanol–water partition coefficient (Wildman–Crippen LogP) is 6.64. The van der Waals surface area contributed by atoms with Gasteiger partial charge in [0.2, 0.25) is 0 Å². The van der Waals surface area contributed by atoms with Gasteiger partial charge in [0, 0.05) is 40.5 Å². The fraction of sp³-hybridized carbons (Fsp3) is 0.278. The molecule has 0 amide bonds. The van der Waals surface area contributed by atoms with E-state index in [0.717, 1.165) is 50.1 Å². The van der Waals surface area contributed by atoms with E-state index in [9.17, 15) is 5.11 Å². The number of fused-ring (bicyclic) bond motifs is 7. The van der Waals surface area contributed by atoms with Gasteiger partial charge in [0.1, 0.15) is 5.60 Å². The van der Waals surface area contributed by atoms with Gasteiger partial charge in [0.25, 0.3) is 0 Å². The molecule has 2 bridgehead atoms. The molecule has 3 fully saturated rings. The Kier molecular flexibility index (Phi) is 4.10. The molecule has 5 aromatic rings. The number of benzene rings is 4. The van der Waals surface area contributed by atoms with Crippen LogP contribution in [-0.2, 0) is 11.1 Å². The number of hydrogen-bond donors (Lipinski definition) is 1. The molecule has 4 nitrogen and oxygen atoms in total. The summed E-state index contributed by atoms with van der Waals surface area (Å²) in [6.45, 7) is 2.12. The molecule has 1 N–H and O–H groups in total. The average molecular weight is 553 g/mol. The number of aliphatic hydroxyl groups is 1. The molecule has 5 aliphatic rings. The zero-order valence-electron chi connectivity index (χ0n) is 22.7. The van der Waals surface area contributed by atoms with Gasteiger partial charge in [-0.05, 0) is 52.9 Å². The molecule has 5 heteroatoms. The molecule has 1 unspecified atom stereocenters. The fourth-order valence-corrected chi connectivity index (χ4v) is 11.5. The lowest BCUT2D eigenvalue weighted by molar-refractivity contribution is -0.109. The number of rotatable bonds is 1. The van der Waals surface area contributed by atoms with Crippen molar-refractivity contribution in [2.75, 3.05) is 11.6 Å². The Balaban J connectivity index is 1.39. The Morgan fingerprint density at radius 3 is 2.51 bits per heavy atom. The highest BCUT2D eigenvalue weighted by Gasteiger charge is 2.88. The van der Waals surface area contributed by atoms with E-state index in [1.807, 2.05) is 36.0 Å². The van der Waals surface area contributed by atoms with Crippen LogP contribution in [0, 0.1) is 12.3 Å². The molecule has 3 aliphatic carbocycles. The molecule has 6 atom stereocenters. The van der Waals surface area contributed by atoms with Crippen LogP contribution < -0.4 is 0 Å². The van der Waals surface area contributed by atoms with Crippen molar-refractivity contribution in [2.24, 2.45) is 5.41 Å². The Morgan fingerprint density at radius 1 is 0.927 bits per heavy atom. The minimum absolute atomic E-state index is 0.0358. The second-order valence-electron chi connectivity index (χ2n) is 12.8. The number of carbonyl (C=O) groups is 1. The zero-order valence-corrected chi connectivity index (χ0v) is 23.5. The number of hydrogen-bond acceptors (Lipinski definition) is 5. The minimum atomic E-state index is -1.28. The van der Waals surface area contributed by atoms with Crippen LogP contribution >= 0.6 is 11.8 Å². The summed E-state index contributed by atoms with van der Waals surface area (Å²) in [6, 6.07) is 32.0. The molecule has 200 valence electrons. The van der Waals surface area contributed by atoms with Crippen molar-refractivity contribution < 1.29 is 9.90 Å². The number of nitrogens with zero attached hydrogens (tertiary/aromatic N) is 2. The maximum absolute atomic E-state index is 15.6. The van der Waals surface area contributed by atoms with E-state index in [1.165, 1.54) is 11.1 Å². The second kappa shape index (κ2) is 7.27. The summed E-state index contributed by atoms with van der Waals surface area (Å²) in [4.78, 5) is 23.3. The predicted molar refractivity (Wildman–Crippen MR) is 162 cm³/mol. The smallest absolute Gasteiger partial charge is 0.173 e. The van der Waals surface area contributed by atoms with Crippen LogP contribution in [0.15, 0.2) is 91.0 Å². The number of ketones is 1. The molecule has 2 saturated heterocycles. The summed E-state index contributed by atoms with van der Waals surface area (Å²) in [6.07, 6.45) is 0.599. The second-order valence-corrected chi connectivity index (χ2v) is 13.8. The third kappa shape index (κ3) is 2.26. The third-order valence-corrected chi connectivity index (χ3v) is 12.4. The van der Waals surface area contributed by atoms with E-state index in [4.69, 9.17) is 4.98 Å². The van der Waals surface area contributed by atoms with E-state index in [1.54, 1.807) is 0 Å². The topological polar surface area (TPSA) is 53.4 Å². The molecule has 0 radical (unpaired) electrons. The maximum Gasteiger partial charge on any atom is 0.173 e. The van der Waals surface area contributed by atoms with E-state index in [-0.39, 0.29) is 23.7 Å². The lowest BCUT2D eigenvalue weighted by Crippen LogP contribution is -2.59. The largest absolute Gasteiger partial charge is 0.382 e. The van der Waals surface area contributed by atoms with E-state index < -0.39 is 16.6 Å². The number of aryl methyl sites for hydroxylation is 1.